The van der Waals surface area contributed by atoms with E-state index in [1.54, 1.807) is 30.5 Å². The number of nitrogens with zero attached hydrogens (tertiary/aromatic N) is 2. The molecule has 3 aromatic rings. The first-order chi connectivity index (χ1) is 15.2. The predicted molar refractivity (Wildman–Crippen MR) is 120 cm³/mol. The van der Waals surface area contributed by atoms with Crippen LogP contribution < -0.4 is 5.56 Å². The summed E-state index contributed by atoms with van der Waals surface area (Å²) >= 11 is 0. The van der Waals surface area contributed by atoms with Gasteiger partial charge in [0.05, 0.1) is 10.6 Å². The molecule has 8 heteroatoms. The van der Waals surface area contributed by atoms with Crippen LogP contribution in [0.2, 0.25) is 0 Å². The number of hydrogen-bond donors (Lipinski definition) is 0. The standard InChI is InChI=1S/C24H26N2O5S/c1-16-8-9-20(13-18(16)3)32(29,30)24(10-4-5-11-24)23(28)31-15-19-14-21(27)26-12-6-7-17(2)22(26)25-19/h6-9,12-14H,4-5,10-11,15H2,1-3H3. The number of carbonyl (C=O) groups excluding carboxylic acids is 1. The fourth-order valence-electron chi connectivity index (χ4n) is 4.29. The number of ether oxygens (including phenoxy) is 1. The smallest absolute Gasteiger partial charge is 0.328 e. The highest BCUT2D eigenvalue weighted by Crippen LogP contribution is 2.42. The third-order valence-corrected chi connectivity index (χ3v) is 8.86. The molecule has 32 heavy (non-hydrogen) atoms. The molecule has 0 N–H and O–H groups in total. The van der Waals surface area contributed by atoms with Crippen molar-refractivity contribution < 1.29 is 17.9 Å². The Balaban J connectivity index is 1.65. The fraction of sp³-hybridized carbons (Fsp3) is 0.375. The summed E-state index contributed by atoms with van der Waals surface area (Å²) in [5.41, 5.74) is 3.11. The lowest BCUT2D eigenvalue weighted by Crippen LogP contribution is -2.45. The summed E-state index contributed by atoms with van der Waals surface area (Å²) in [5, 5.41) is 0. The molecule has 0 spiro atoms. The maximum atomic E-state index is 13.6. The lowest BCUT2D eigenvalue weighted by molar-refractivity contribution is -0.148. The van der Waals surface area contributed by atoms with Gasteiger partial charge in [0, 0.05) is 12.3 Å². The summed E-state index contributed by atoms with van der Waals surface area (Å²) in [5.74, 6) is -0.778. The number of aryl methyl sites for hydroxylation is 3. The summed E-state index contributed by atoms with van der Waals surface area (Å²) in [6.45, 7) is 5.33. The monoisotopic (exact) mass is 454 g/mol. The lowest BCUT2D eigenvalue weighted by atomic mass is 10.1. The van der Waals surface area contributed by atoms with E-state index in [0.717, 1.165) is 16.7 Å². The normalized spacial score (nSPS) is 15.7. The van der Waals surface area contributed by atoms with Crippen LogP contribution in [0, 0.1) is 20.8 Å². The second-order valence-electron chi connectivity index (χ2n) is 8.50. The van der Waals surface area contributed by atoms with Crippen LogP contribution in [-0.2, 0) is 26.0 Å². The van der Waals surface area contributed by atoms with E-state index < -0.39 is 20.6 Å². The molecule has 0 radical (unpaired) electrons. The quantitative estimate of drug-likeness (QED) is 0.548. The van der Waals surface area contributed by atoms with E-state index in [1.807, 2.05) is 26.8 Å². The molecule has 4 rings (SSSR count). The minimum Gasteiger partial charge on any atom is -0.458 e. The average molecular weight is 455 g/mol. The number of esters is 1. The largest absolute Gasteiger partial charge is 0.458 e. The Morgan fingerprint density at radius 3 is 2.47 bits per heavy atom. The molecule has 0 saturated heterocycles. The van der Waals surface area contributed by atoms with Gasteiger partial charge in [-0.2, -0.15) is 0 Å². The Kier molecular flexibility index (Phi) is 5.67. The molecule has 1 aliphatic rings. The minimum absolute atomic E-state index is 0.136. The molecular weight excluding hydrogens is 428 g/mol. The molecule has 2 heterocycles. The van der Waals surface area contributed by atoms with Gasteiger partial charge < -0.3 is 4.74 Å². The Morgan fingerprint density at radius 2 is 1.78 bits per heavy atom. The number of sulfone groups is 1. The average Bonchev–Trinajstić information content (AvgIpc) is 3.27. The highest BCUT2D eigenvalue weighted by atomic mass is 32.2. The van der Waals surface area contributed by atoms with Crippen molar-refractivity contribution in [2.45, 2.75) is 62.7 Å². The van der Waals surface area contributed by atoms with Crippen LogP contribution in [0.1, 0.15) is 48.1 Å². The van der Waals surface area contributed by atoms with Gasteiger partial charge in [0.15, 0.2) is 14.6 Å². The first kappa shape index (κ1) is 22.2. The van der Waals surface area contributed by atoms with Gasteiger partial charge in [-0.15, -0.1) is 0 Å². The van der Waals surface area contributed by atoms with E-state index in [9.17, 15) is 18.0 Å². The zero-order valence-electron chi connectivity index (χ0n) is 18.4. The second-order valence-corrected chi connectivity index (χ2v) is 10.8. The molecular formula is C24H26N2O5S. The maximum Gasteiger partial charge on any atom is 0.328 e. The van der Waals surface area contributed by atoms with Gasteiger partial charge in [-0.25, -0.2) is 13.4 Å². The lowest BCUT2D eigenvalue weighted by Gasteiger charge is -2.27. The van der Waals surface area contributed by atoms with Crippen LogP contribution in [0.4, 0.5) is 0 Å². The highest BCUT2D eigenvalue weighted by molar-refractivity contribution is 7.93. The van der Waals surface area contributed by atoms with E-state index in [0.29, 0.717) is 18.5 Å². The van der Waals surface area contributed by atoms with Crippen LogP contribution >= 0.6 is 0 Å². The Labute approximate surface area is 187 Å². The summed E-state index contributed by atoms with van der Waals surface area (Å²) in [4.78, 5) is 30.2. The van der Waals surface area contributed by atoms with E-state index in [2.05, 4.69) is 4.98 Å². The molecule has 168 valence electrons. The van der Waals surface area contributed by atoms with Gasteiger partial charge in [-0.3, -0.25) is 14.0 Å². The molecule has 0 amide bonds. The topological polar surface area (TPSA) is 94.8 Å². The van der Waals surface area contributed by atoms with Gasteiger partial charge in [-0.1, -0.05) is 25.0 Å². The molecule has 1 aromatic carbocycles. The van der Waals surface area contributed by atoms with Crippen molar-refractivity contribution >= 4 is 21.5 Å². The first-order valence-corrected chi connectivity index (χ1v) is 12.1. The van der Waals surface area contributed by atoms with Crippen LogP contribution in [0.5, 0.6) is 0 Å². The van der Waals surface area contributed by atoms with E-state index in [1.165, 1.54) is 10.5 Å². The van der Waals surface area contributed by atoms with Crippen molar-refractivity contribution in [2.24, 2.45) is 0 Å². The van der Waals surface area contributed by atoms with Crippen LogP contribution in [-0.4, -0.2) is 28.5 Å². The summed E-state index contributed by atoms with van der Waals surface area (Å²) in [7, 11) is -3.95. The molecule has 1 fully saturated rings. The zero-order valence-corrected chi connectivity index (χ0v) is 19.2. The molecule has 1 saturated carbocycles. The zero-order chi connectivity index (χ0) is 23.1. The number of hydrogen-bond acceptors (Lipinski definition) is 6. The molecule has 0 unspecified atom stereocenters. The number of benzene rings is 1. The molecule has 0 bridgehead atoms. The molecule has 2 aromatic heterocycles. The maximum absolute atomic E-state index is 13.6. The van der Waals surface area contributed by atoms with Crippen molar-refractivity contribution in [1.29, 1.82) is 0 Å². The van der Waals surface area contributed by atoms with Crippen molar-refractivity contribution in [2.75, 3.05) is 0 Å². The van der Waals surface area contributed by atoms with Gasteiger partial charge in [0.25, 0.3) is 5.56 Å². The van der Waals surface area contributed by atoms with Crippen LogP contribution in [0.15, 0.2) is 52.3 Å². The number of rotatable bonds is 5. The predicted octanol–water partition coefficient (Wildman–Crippen LogP) is 3.45. The van der Waals surface area contributed by atoms with Crippen LogP contribution in [0.3, 0.4) is 0 Å². The molecule has 1 aliphatic carbocycles. The van der Waals surface area contributed by atoms with Crippen LogP contribution in [0.25, 0.3) is 5.65 Å². The number of pyridine rings is 1. The Hall–Kier alpha value is -3.00. The molecule has 0 atom stereocenters. The van der Waals surface area contributed by atoms with Crippen molar-refractivity contribution in [1.82, 2.24) is 9.38 Å². The summed E-state index contributed by atoms with van der Waals surface area (Å²) < 4.78 is 32.5. The van der Waals surface area contributed by atoms with Gasteiger partial charge in [0.1, 0.15) is 12.3 Å². The fourth-order valence-corrected chi connectivity index (χ4v) is 6.42. The van der Waals surface area contributed by atoms with E-state index in [-0.39, 0.29) is 35.6 Å². The molecule has 7 nitrogen and oxygen atoms in total. The summed E-state index contributed by atoms with van der Waals surface area (Å²) in [6.07, 6.45) is 3.32. The van der Waals surface area contributed by atoms with Crippen molar-refractivity contribution in [3.63, 3.8) is 0 Å². The first-order valence-electron chi connectivity index (χ1n) is 10.6. The van der Waals surface area contributed by atoms with Gasteiger partial charge in [-0.05, 0) is 68.5 Å². The third-order valence-electron chi connectivity index (χ3n) is 6.38. The highest BCUT2D eigenvalue weighted by Gasteiger charge is 2.54. The Bertz CT molecular complexity index is 1370. The van der Waals surface area contributed by atoms with E-state index >= 15 is 0 Å². The van der Waals surface area contributed by atoms with Crippen molar-refractivity contribution in [3.05, 3.63) is 75.3 Å². The number of aromatic nitrogens is 2. The second kappa shape index (κ2) is 8.16. The molecule has 0 aliphatic heterocycles. The number of carbonyl (C=O) groups is 1. The van der Waals surface area contributed by atoms with E-state index in [4.69, 9.17) is 4.74 Å². The third kappa shape index (κ3) is 3.62. The van der Waals surface area contributed by atoms with Gasteiger partial charge in [0.2, 0.25) is 0 Å². The summed E-state index contributed by atoms with van der Waals surface area (Å²) in [6, 6.07) is 9.82. The van der Waals surface area contributed by atoms with Gasteiger partial charge >= 0.3 is 5.97 Å². The Morgan fingerprint density at radius 1 is 1.06 bits per heavy atom. The SMILES string of the molecule is Cc1ccc(S(=O)(=O)C2(C(=O)OCc3cc(=O)n4cccc(C)c4n3)CCCC2)cc1C. The number of fused-ring (bicyclic) bond motifs is 1. The minimum atomic E-state index is -3.95. The van der Waals surface area contributed by atoms with Crippen molar-refractivity contribution in [3.8, 4) is 0 Å².